The lowest BCUT2D eigenvalue weighted by Crippen LogP contribution is -2.37. The molecule has 0 radical (unpaired) electrons. The number of quaternary nitrogens is 1. The highest BCUT2D eigenvalue weighted by molar-refractivity contribution is 7.47. The van der Waals surface area contributed by atoms with Crippen LogP contribution in [0.25, 0.3) is 0 Å². The van der Waals surface area contributed by atoms with E-state index in [1.54, 1.807) is 0 Å². The Kier molecular flexibility index (Phi) is 45.1. The van der Waals surface area contributed by atoms with Crippen LogP contribution in [0.1, 0.15) is 245 Å². The molecule has 1 unspecified atom stereocenters. The highest BCUT2D eigenvalue weighted by atomic mass is 31.2. The van der Waals surface area contributed by atoms with Gasteiger partial charge in [-0.3, -0.25) is 18.6 Å². The van der Waals surface area contributed by atoms with E-state index in [1.807, 2.05) is 21.1 Å². The molecule has 0 aliphatic carbocycles. The van der Waals surface area contributed by atoms with Gasteiger partial charge in [0, 0.05) is 12.8 Å². The Morgan fingerprint density at radius 2 is 0.844 bits per heavy atom. The van der Waals surface area contributed by atoms with Crippen molar-refractivity contribution in [2.24, 2.45) is 0 Å². The number of rotatable bonds is 49. The molecule has 0 heterocycles. The third kappa shape index (κ3) is 49.7. The maximum atomic E-state index is 12.8. The summed E-state index contributed by atoms with van der Waals surface area (Å²) >= 11 is 0. The smallest absolute Gasteiger partial charge is 0.462 e. The normalized spacial score (nSPS) is 13.7. The highest BCUT2D eigenvalue weighted by Crippen LogP contribution is 2.43. The van der Waals surface area contributed by atoms with Gasteiger partial charge in [-0.2, -0.15) is 0 Å². The Morgan fingerprint density at radius 3 is 1.28 bits per heavy atom. The molecule has 0 aliphatic rings. The van der Waals surface area contributed by atoms with Gasteiger partial charge in [-0.15, -0.1) is 0 Å². The molecule has 0 rings (SSSR count). The molecule has 0 bridgehead atoms. The number of unbranched alkanes of at least 4 members (excludes halogenated alkanes) is 29. The van der Waals surface area contributed by atoms with E-state index >= 15 is 0 Å². The fraction of sp³-hybridized carbons (Fsp3) is 0.852. The summed E-state index contributed by atoms with van der Waals surface area (Å²) in [5, 5.41) is 0. The molecule has 64 heavy (non-hydrogen) atoms. The molecule has 1 N–H and O–H groups in total. The zero-order valence-electron chi connectivity index (χ0n) is 42.5. The summed E-state index contributed by atoms with van der Waals surface area (Å²) in [7, 11) is 1.48. The number of hydrogen-bond acceptors (Lipinski definition) is 7. The van der Waals surface area contributed by atoms with Gasteiger partial charge in [0.25, 0.3) is 0 Å². The fourth-order valence-corrected chi connectivity index (χ4v) is 8.19. The van der Waals surface area contributed by atoms with E-state index in [9.17, 15) is 19.0 Å². The number of carbonyl (C=O) groups excluding carboxylic acids is 2. The fourth-order valence-electron chi connectivity index (χ4n) is 7.45. The lowest BCUT2D eigenvalue weighted by atomic mass is 10.0. The minimum absolute atomic E-state index is 0.0313. The first-order valence-corrected chi connectivity index (χ1v) is 28.2. The molecule has 0 aromatic heterocycles. The largest absolute Gasteiger partial charge is 0.472 e. The van der Waals surface area contributed by atoms with Crippen LogP contribution in [0, 0.1) is 0 Å². The van der Waals surface area contributed by atoms with E-state index in [4.69, 9.17) is 18.5 Å². The van der Waals surface area contributed by atoms with Crippen LogP contribution in [0.4, 0.5) is 0 Å². The van der Waals surface area contributed by atoms with E-state index in [0.29, 0.717) is 17.4 Å². The van der Waals surface area contributed by atoms with Gasteiger partial charge in [0.1, 0.15) is 19.8 Å². The summed E-state index contributed by atoms with van der Waals surface area (Å²) < 4.78 is 34.5. The number of hydrogen-bond donors (Lipinski definition) is 1. The maximum absolute atomic E-state index is 12.8. The Bertz CT molecular complexity index is 1180. The van der Waals surface area contributed by atoms with Gasteiger partial charge in [-0.1, -0.05) is 198 Å². The molecule has 10 heteroatoms. The summed E-state index contributed by atoms with van der Waals surface area (Å²) in [6, 6.07) is 0. The van der Waals surface area contributed by atoms with Gasteiger partial charge in [0.2, 0.25) is 0 Å². The van der Waals surface area contributed by atoms with Crippen molar-refractivity contribution in [1.29, 1.82) is 0 Å². The average Bonchev–Trinajstić information content (AvgIpc) is 3.25. The molecule has 0 aromatic carbocycles. The standard InChI is InChI=1S/C54H102NO8P/c1-6-8-10-12-14-16-18-20-22-24-26-27-29-30-32-34-36-38-40-42-44-46-53(56)60-50-52(51-62-64(58,59)61-49-48-55(3,4)5)63-54(57)47-45-43-41-39-37-35-33-31-28-25-23-21-19-17-15-13-11-9-7-2/h15,17,20-23,52H,6-14,16,18-19,24-51H2,1-5H3/p+1/b17-15+,22-20+,23-21+/t52-/m1/s1. The molecule has 0 aromatic rings. The number of likely N-dealkylation sites (N-methyl/N-ethyl adjacent to an activating group) is 1. The number of phosphoric acid groups is 1. The van der Waals surface area contributed by atoms with Crippen LogP contribution >= 0.6 is 7.82 Å². The molecule has 0 saturated heterocycles. The number of nitrogens with zero attached hydrogens (tertiary/aromatic N) is 1. The van der Waals surface area contributed by atoms with Gasteiger partial charge in [-0.25, -0.2) is 4.57 Å². The zero-order valence-corrected chi connectivity index (χ0v) is 43.4. The summed E-state index contributed by atoms with van der Waals surface area (Å²) in [5.74, 6) is -0.795. The van der Waals surface area contributed by atoms with Gasteiger partial charge >= 0.3 is 19.8 Å². The minimum Gasteiger partial charge on any atom is -0.462 e. The number of ether oxygens (including phenoxy) is 2. The van der Waals surface area contributed by atoms with Gasteiger partial charge in [-0.05, 0) is 70.6 Å². The Balaban J connectivity index is 4.21. The van der Waals surface area contributed by atoms with Gasteiger partial charge < -0.3 is 18.9 Å². The van der Waals surface area contributed by atoms with Crippen LogP contribution in [0.5, 0.6) is 0 Å². The third-order valence-electron chi connectivity index (χ3n) is 11.6. The monoisotopic (exact) mass is 925 g/mol. The number of carbonyl (C=O) groups is 2. The second-order valence-electron chi connectivity index (χ2n) is 19.3. The lowest BCUT2D eigenvalue weighted by Gasteiger charge is -2.24. The summed E-state index contributed by atoms with van der Waals surface area (Å²) in [5.41, 5.74) is 0. The first-order chi connectivity index (χ1) is 31.0. The SMILES string of the molecule is CCCCC/C=C/C/C=C/CCCCCCCCCCCC(=O)O[C@H](COC(=O)CCCCCCCCCCCCC/C=C/CCCCCCCC)COP(=O)(O)OCC[N+](C)(C)C. The Hall–Kier alpha value is -1.77. The van der Waals surface area contributed by atoms with Crippen LogP contribution < -0.4 is 0 Å². The molecular formula is C54H103NO8P+. The van der Waals surface area contributed by atoms with Crippen molar-refractivity contribution in [2.75, 3.05) is 47.5 Å². The quantitative estimate of drug-likeness (QED) is 0.0211. The van der Waals surface area contributed by atoms with Gasteiger partial charge in [0.05, 0.1) is 27.7 Å². The van der Waals surface area contributed by atoms with Crippen molar-refractivity contribution < 1.29 is 42.1 Å². The van der Waals surface area contributed by atoms with Crippen molar-refractivity contribution in [3.05, 3.63) is 36.5 Å². The number of allylic oxidation sites excluding steroid dienone is 6. The Labute approximate surface area is 395 Å². The first-order valence-electron chi connectivity index (χ1n) is 26.7. The van der Waals surface area contributed by atoms with Crippen molar-refractivity contribution in [1.82, 2.24) is 0 Å². The van der Waals surface area contributed by atoms with Crippen LogP contribution in [0.15, 0.2) is 36.5 Å². The van der Waals surface area contributed by atoms with Crippen LogP contribution in [-0.4, -0.2) is 74.9 Å². The van der Waals surface area contributed by atoms with E-state index in [2.05, 4.69) is 50.3 Å². The van der Waals surface area contributed by atoms with Gasteiger partial charge in [0.15, 0.2) is 6.10 Å². The lowest BCUT2D eigenvalue weighted by molar-refractivity contribution is -0.870. The molecule has 0 spiro atoms. The average molecular weight is 925 g/mol. The van der Waals surface area contributed by atoms with Crippen molar-refractivity contribution in [2.45, 2.75) is 251 Å². The third-order valence-corrected chi connectivity index (χ3v) is 12.6. The van der Waals surface area contributed by atoms with E-state index in [0.717, 1.165) is 51.4 Å². The molecule has 9 nitrogen and oxygen atoms in total. The molecule has 0 amide bonds. The molecule has 0 saturated carbocycles. The highest BCUT2D eigenvalue weighted by Gasteiger charge is 2.27. The number of phosphoric ester groups is 1. The molecular weight excluding hydrogens is 822 g/mol. The number of esters is 2. The van der Waals surface area contributed by atoms with Crippen LogP contribution in [0.2, 0.25) is 0 Å². The second-order valence-corrected chi connectivity index (χ2v) is 20.7. The maximum Gasteiger partial charge on any atom is 0.472 e. The summed E-state index contributed by atoms with van der Waals surface area (Å²) in [4.78, 5) is 35.6. The van der Waals surface area contributed by atoms with E-state index in [1.165, 1.54) is 161 Å². The van der Waals surface area contributed by atoms with Crippen LogP contribution in [-0.2, 0) is 32.7 Å². The van der Waals surface area contributed by atoms with Crippen LogP contribution in [0.3, 0.4) is 0 Å². The minimum atomic E-state index is -4.38. The topological polar surface area (TPSA) is 108 Å². The predicted octanol–water partition coefficient (Wildman–Crippen LogP) is 16.0. The van der Waals surface area contributed by atoms with E-state index in [-0.39, 0.29) is 32.0 Å². The Morgan fingerprint density at radius 1 is 0.484 bits per heavy atom. The summed E-state index contributed by atoms with van der Waals surface area (Å²) in [6.07, 6.45) is 54.8. The van der Waals surface area contributed by atoms with Crippen molar-refractivity contribution in [3.8, 4) is 0 Å². The van der Waals surface area contributed by atoms with Crippen molar-refractivity contribution >= 4 is 19.8 Å². The summed E-state index contributed by atoms with van der Waals surface area (Å²) in [6.45, 7) is 4.42. The molecule has 376 valence electrons. The molecule has 0 fully saturated rings. The first kappa shape index (κ1) is 62.2. The zero-order chi connectivity index (χ0) is 47.1. The van der Waals surface area contributed by atoms with Crippen molar-refractivity contribution in [3.63, 3.8) is 0 Å². The molecule has 2 atom stereocenters. The molecule has 0 aliphatic heterocycles. The predicted molar refractivity (Wildman–Crippen MR) is 270 cm³/mol. The second kappa shape index (κ2) is 46.3. The van der Waals surface area contributed by atoms with E-state index < -0.39 is 26.5 Å².